The van der Waals surface area contributed by atoms with Crippen molar-refractivity contribution in [3.63, 3.8) is 0 Å². The van der Waals surface area contributed by atoms with E-state index in [0.717, 1.165) is 11.8 Å². The number of rotatable bonds is 19. The Kier molecular flexibility index (Phi) is 19.3. The van der Waals surface area contributed by atoms with E-state index in [9.17, 15) is 0 Å². The van der Waals surface area contributed by atoms with Gasteiger partial charge in [-0.15, -0.1) is 0 Å². The Hall–Kier alpha value is 0. The average molecular weight is 339 g/mol. The van der Waals surface area contributed by atoms with Gasteiger partial charge < -0.3 is 0 Å². The van der Waals surface area contributed by atoms with Crippen molar-refractivity contribution in [3.8, 4) is 0 Å². The summed E-state index contributed by atoms with van der Waals surface area (Å²) in [4.78, 5) is 0. The summed E-state index contributed by atoms with van der Waals surface area (Å²) in [5, 5.41) is 0. The maximum atomic E-state index is 2.36. The molecule has 0 nitrogen and oxygen atoms in total. The van der Waals surface area contributed by atoms with Gasteiger partial charge in [0.1, 0.15) is 0 Å². The molecule has 146 valence electrons. The molecule has 0 aliphatic carbocycles. The molecule has 0 heteroatoms. The van der Waals surface area contributed by atoms with Crippen LogP contribution in [-0.4, -0.2) is 0 Å². The molecule has 0 radical (unpaired) electrons. The molecule has 0 bridgehead atoms. The van der Waals surface area contributed by atoms with Crippen LogP contribution in [0.5, 0.6) is 0 Å². The van der Waals surface area contributed by atoms with Gasteiger partial charge in [0, 0.05) is 0 Å². The molecular formula is C24H50. The van der Waals surface area contributed by atoms with E-state index in [1.54, 1.807) is 6.42 Å². The average Bonchev–Trinajstić information content (AvgIpc) is 2.59. The summed E-state index contributed by atoms with van der Waals surface area (Å²) in [6.45, 7) is 9.36. The van der Waals surface area contributed by atoms with Crippen LogP contribution in [0.2, 0.25) is 0 Å². The van der Waals surface area contributed by atoms with Gasteiger partial charge in [0.05, 0.1) is 0 Å². The highest BCUT2D eigenvalue weighted by Gasteiger charge is 2.16. The van der Waals surface area contributed by atoms with Crippen LogP contribution in [-0.2, 0) is 0 Å². The molecule has 0 aromatic rings. The molecule has 0 saturated heterocycles. The molecule has 0 aromatic heterocycles. The molecule has 0 spiro atoms. The third-order valence-corrected chi connectivity index (χ3v) is 5.78. The van der Waals surface area contributed by atoms with Crippen LogP contribution in [0.3, 0.4) is 0 Å². The fourth-order valence-corrected chi connectivity index (χ4v) is 4.13. The largest absolute Gasteiger partial charge is 0.0654 e. The van der Waals surface area contributed by atoms with Crippen molar-refractivity contribution in [2.75, 3.05) is 0 Å². The van der Waals surface area contributed by atoms with Crippen LogP contribution in [0.4, 0.5) is 0 Å². The molecule has 24 heavy (non-hydrogen) atoms. The van der Waals surface area contributed by atoms with Crippen molar-refractivity contribution in [1.29, 1.82) is 0 Å². The van der Waals surface area contributed by atoms with Crippen molar-refractivity contribution in [2.45, 2.75) is 143 Å². The lowest BCUT2D eigenvalue weighted by Crippen LogP contribution is -2.10. The van der Waals surface area contributed by atoms with Gasteiger partial charge in [-0.1, -0.05) is 137 Å². The highest BCUT2D eigenvalue weighted by molar-refractivity contribution is 4.68. The Morgan fingerprint density at radius 3 is 1.12 bits per heavy atom. The van der Waals surface area contributed by atoms with Gasteiger partial charge in [-0.25, -0.2) is 0 Å². The number of hydrogen-bond donors (Lipinski definition) is 0. The zero-order valence-corrected chi connectivity index (χ0v) is 17.9. The van der Waals surface area contributed by atoms with Crippen LogP contribution in [0.1, 0.15) is 143 Å². The molecule has 0 aromatic carbocycles. The van der Waals surface area contributed by atoms with Crippen LogP contribution >= 0.6 is 0 Å². The predicted molar refractivity (Wildman–Crippen MR) is 113 cm³/mol. The normalized spacial score (nSPS) is 14.0. The topological polar surface area (TPSA) is 0 Å². The third kappa shape index (κ3) is 15.5. The minimum Gasteiger partial charge on any atom is -0.0654 e. The molecule has 0 heterocycles. The fraction of sp³-hybridized carbons (Fsp3) is 1.00. The van der Waals surface area contributed by atoms with Gasteiger partial charge in [-0.05, 0) is 18.3 Å². The van der Waals surface area contributed by atoms with Gasteiger partial charge >= 0.3 is 0 Å². The van der Waals surface area contributed by atoms with Gasteiger partial charge in [0.2, 0.25) is 0 Å². The smallest absolute Gasteiger partial charge is 0.0412 e. The van der Waals surface area contributed by atoms with E-state index in [-0.39, 0.29) is 0 Å². The van der Waals surface area contributed by atoms with Gasteiger partial charge in [-0.3, -0.25) is 0 Å². The minimum absolute atomic E-state index is 1.03. The van der Waals surface area contributed by atoms with Gasteiger partial charge in [0.25, 0.3) is 0 Å². The molecule has 0 N–H and O–H groups in total. The van der Waals surface area contributed by atoms with E-state index in [0.29, 0.717) is 0 Å². The van der Waals surface area contributed by atoms with Crippen molar-refractivity contribution < 1.29 is 0 Å². The van der Waals surface area contributed by atoms with E-state index in [1.807, 2.05) is 0 Å². The summed E-state index contributed by atoms with van der Waals surface area (Å²) in [5.74, 6) is 2.06. The van der Waals surface area contributed by atoms with Gasteiger partial charge in [0.15, 0.2) is 0 Å². The molecule has 0 aliphatic heterocycles. The molecule has 0 rings (SSSR count). The SMILES string of the molecule is CCCCCCC(CCCC)CC(CCCCC)CCCCCC. The second-order valence-corrected chi connectivity index (χ2v) is 8.30. The lowest BCUT2D eigenvalue weighted by molar-refractivity contribution is 0.284. The van der Waals surface area contributed by atoms with Crippen LogP contribution in [0.15, 0.2) is 0 Å². The highest BCUT2D eigenvalue weighted by Crippen LogP contribution is 2.30. The molecule has 2 atom stereocenters. The number of unbranched alkanes of at least 4 members (excludes halogenated alkanes) is 9. The van der Waals surface area contributed by atoms with E-state index in [4.69, 9.17) is 0 Å². The van der Waals surface area contributed by atoms with Crippen LogP contribution < -0.4 is 0 Å². The highest BCUT2D eigenvalue weighted by atomic mass is 14.2. The fourth-order valence-electron chi connectivity index (χ4n) is 4.13. The van der Waals surface area contributed by atoms with E-state index >= 15 is 0 Å². The molecule has 0 amide bonds. The second kappa shape index (κ2) is 19.3. The first-order valence-corrected chi connectivity index (χ1v) is 11.8. The summed E-state index contributed by atoms with van der Waals surface area (Å²) in [7, 11) is 0. The predicted octanol–water partition coefficient (Wildman–Crippen LogP) is 9.32. The Balaban J connectivity index is 4.29. The zero-order valence-electron chi connectivity index (χ0n) is 17.9. The quantitative estimate of drug-likeness (QED) is 0.206. The summed E-state index contributed by atoms with van der Waals surface area (Å²) >= 11 is 0. The first-order chi connectivity index (χ1) is 11.8. The minimum atomic E-state index is 1.03. The first kappa shape index (κ1) is 24.0. The maximum absolute atomic E-state index is 2.36. The Morgan fingerprint density at radius 1 is 0.375 bits per heavy atom. The molecule has 2 unspecified atom stereocenters. The third-order valence-electron chi connectivity index (χ3n) is 5.78. The van der Waals surface area contributed by atoms with Gasteiger partial charge in [-0.2, -0.15) is 0 Å². The maximum Gasteiger partial charge on any atom is -0.0412 e. The van der Waals surface area contributed by atoms with Crippen molar-refractivity contribution in [2.24, 2.45) is 11.8 Å². The number of hydrogen-bond acceptors (Lipinski definition) is 0. The van der Waals surface area contributed by atoms with Crippen LogP contribution in [0, 0.1) is 11.8 Å². The van der Waals surface area contributed by atoms with Crippen molar-refractivity contribution in [3.05, 3.63) is 0 Å². The van der Waals surface area contributed by atoms with E-state index in [2.05, 4.69) is 27.7 Å². The summed E-state index contributed by atoms with van der Waals surface area (Å²) in [6, 6.07) is 0. The summed E-state index contributed by atoms with van der Waals surface area (Å²) in [5.41, 5.74) is 0. The Labute approximate surface area is 155 Å². The van der Waals surface area contributed by atoms with E-state index in [1.165, 1.54) is 109 Å². The van der Waals surface area contributed by atoms with Crippen molar-refractivity contribution >= 4 is 0 Å². The van der Waals surface area contributed by atoms with Crippen molar-refractivity contribution in [1.82, 2.24) is 0 Å². The monoisotopic (exact) mass is 338 g/mol. The zero-order chi connectivity index (χ0) is 17.9. The lowest BCUT2D eigenvalue weighted by atomic mass is 9.82. The second-order valence-electron chi connectivity index (χ2n) is 8.30. The molecule has 0 aliphatic rings. The van der Waals surface area contributed by atoms with Crippen LogP contribution in [0.25, 0.3) is 0 Å². The summed E-state index contributed by atoms with van der Waals surface area (Å²) in [6.07, 6.45) is 26.3. The Morgan fingerprint density at radius 2 is 0.708 bits per heavy atom. The first-order valence-electron chi connectivity index (χ1n) is 11.8. The standard InChI is InChI=1S/C24H50/c1-5-9-13-16-20-23(18-12-8-4)22-24(19-15-11-7-3)21-17-14-10-6-2/h23-24H,5-22H2,1-4H3. The lowest BCUT2D eigenvalue weighted by Gasteiger charge is -2.24. The molecular weight excluding hydrogens is 288 g/mol. The van der Waals surface area contributed by atoms with E-state index < -0.39 is 0 Å². The summed E-state index contributed by atoms with van der Waals surface area (Å²) < 4.78 is 0. The molecule has 0 saturated carbocycles. The molecule has 0 fully saturated rings. The Bertz CT molecular complexity index is 220.